The largest absolute Gasteiger partial charge is 0.507 e. The number of Topliss-reactive ketones (excluding diaryl/α,β-unsaturated/α-hetero) is 4. The normalized spacial score (nSPS) is 33.6. The van der Waals surface area contributed by atoms with Crippen molar-refractivity contribution in [3.8, 4) is 5.75 Å². The first-order valence-corrected chi connectivity index (χ1v) is 11.4. The lowest BCUT2D eigenvalue weighted by molar-refractivity contribution is -0.189. The van der Waals surface area contributed by atoms with Crippen LogP contribution in [0.3, 0.4) is 0 Å². The zero-order valence-corrected chi connectivity index (χ0v) is 19.8. The maximum atomic E-state index is 13.6. The fourth-order valence-corrected chi connectivity index (χ4v) is 6.02. The van der Waals surface area contributed by atoms with Crippen molar-refractivity contribution < 1.29 is 44.1 Å². The van der Waals surface area contributed by atoms with Crippen LogP contribution in [0.4, 0.5) is 5.69 Å². The predicted molar refractivity (Wildman–Crippen MR) is 122 cm³/mol. The Morgan fingerprint density at radius 1 is 1.17 bits per heavy atom. The molecule has 12 heteroatoms. The van der Waals surface area contributed by atoms with Gasteiger partial charge >= 0.3 is 0 Å². The number of nitrogens with zero attached hydrogens (tertiary/aromatic N) is 1. The van der Waals surface area contributed by atoms with Crippen LogP contribution in [0.5, 0.6) is 5.75 Å². The van der Waals surface area contributed by atoms with Gasteiger partial charge in [-0.25, -0.2) is 0 Å². The Labute approximate surface area is 205 Å². The number of anilines is 1. The molecule has 3 aliphatic rings. The molecule has 0 heterocycles. The minimum Gasteiger partial charge on any atom is -0.507 e. The van der Waals surface area contributed by atoms with Crippen molar-refractivity contribution in [2.75, 3.05) is 26.0 Å². The van der Waals surface area contributed by atoms with E-state index in [1.807, 2.05) is 0 Å². The highest BCUT2D eigenvalue weighted by Crippen LogP contribution is 2.55. The van der Waals surface area contributed by atoms with Crippen LogP contribution in [0.15, 0.2) is 12.1 Å². The lowest BCUT2D eigenvalue weighted by Gasteiger charge is -2.53. The van der Waals surface area contributed by atoms with Crippen LogP contribution in [-0.4, -0.2) is 87.5 Å². The highest BCUT2D eigenvalue weighted by Gasteiger charge is 2.70. The van der Waals surface area contributed by atoms with Gasteiger partial charge in [-0.05, 0) is 37.7 Å². The molecule has 4 rings (SSSR count). The summed E-state index contributed by atoms with van der Waals surface area (Å²) in [7, 11) is 3.37. The van der Waals surface area contributed by atoms with E-state index in [1.54, 1.807) is 25.9 Å². The van der Waals surface area contributed by atoms with Crippen molar-refractivity contribution in [3.63, 3.8) is 0 Å². The number of carbonyl (C=O) groups is 6. The van der Waals surface area contributed by atoms with Crippen LogP contribution >= 0.6 is 0 Å². The molecular weight excluding hydrogens is 474 g/mol. The number of aromatic hydroxyl groups is 1. The SMILES string of the molecule is C[C@H]1c2c(NC(=O)CN(C)C)ccc(O)c2C(=O)C2C(=O)[C@]3(O)C(=O)C(C(N)=O)C(=O)C[C@@H]3[C@@H](O)[C@@H]21. The Hall–Kier alpha value is -3.48. The number of amides is 2. The second-order valence-corrected chi connectivity index (χ2v) is 10.0. The fraction of sp³-hybridized carbons (Fsp3) is 0.500. The maximum absolute atomic E-state index is 13.6. The van der Waals surface area contributed by atoms with E-state index in [4.69, 9.17) is 5.73 Å². The monoisotopic (exact) mass is 501 g/mol. The van der Waals surface area contributed by atoms with Gasteiger partial charge in [0.15, 0.2) is 34.7 Å². The summed E-state index contributed by atoms with van der Waals surface area (Å²) in [5.74, 6) is -14.3. The molecule has 0 bridgehead atoms. The summed E-state index contributed by atoms with van der Waals surface area (Å²) in [6, 6.07) is 2.56. The summed E-state index contributed by atoms with van der Waals surface area (Å²) in [4.78, 5) is 78.5. The number of hydrogen-bond donors (Lipinski definition) is 5. The number of primary amides is 1. The van der Waals surface area contributed by atoms with Crippen LogP contribution in [0.2, 0.25) is 0 Å². The van der Waals surface area contributed by atoms with Crippen molar-refractivity contribution >= 4 is 40.6 Å². The van der Waals surface area contributed by atoms with Crippen molar-refractivity contribution in [2.45, 2.75) is 31.0 Å². The molecular formula is C24H27N3O9. The molecule has 2 unspecified atom stereocenters. The smallest absolute Gasteiger partial charge is 0.238 e. The van der Waals surface area contributed by atoms with E-state index in [2.05, 4.69) is 5.32 Å². The quantitative estimate of drug-likeness (QED) is 0.235. The molecule has 0 saturated heterocycles. The molecule has 1 aromatic carbocycles. The molecule has 2 saturated carbocycles. The third-order valence-corrected chi connectivity index (χ3v) is 7.57. The molecule has 0 spiro atoms. The summed E-state index contributed by atoms with van der Waals surface area (Å²) in [6.07, 6.45) is -2.36. The van der Waals surface area contributed by atoms with Crippen LogP contribution < -0.4 is 11.1 Å². The summed E-state index contributed by atoms with van der Waals surface area (Å²) < 4.78 is 0. The number of nitrogens with one attached hydrogen (secondary N) is 1. The standard InChI is InChI=1S/C24H27N3O9/c1-8-14-10(26-13(30)7-27(2)3)4-5-11(28)16(14)20(32)18-15(8)19(31)9-6-12(29)17(23(25)35)21(33)24(9,36)22(18)34/h4-5,8-9,15,17-19,28,31,36H,6-7H2,1-3H3,(H2,25,35)(H,26,30)/t8-,9+,15+,17?,18?,19+,24+/m0/s1. The van der Waals surface area contributed by atoms with Gasteiger partial charge in [-0.1, -0.05) is 6.92 Å². The highest BCUT2D eigenvalue weighted by molar-refractivity contribution is 6.31. The molecule has 36 heavy (non-hydrogen) atoms. The Morgan fingerprint density at radius 2 is 1.81 bits per heavy atom. The number of aliphatic hydroxyl groups is 2. The molecule has 0 aliphatic heterocycles. The lowest BCUT2D eigenvalue weighted by atomic mass is 9.50. The molecule has 1 aromatic rings. The first kappa shape index (κ1) is 25.6. The zero-order chi connectivity index (χ0) is 26.9. The van der Waals surface area contributed by atoms with Gasteiger partial charge in [-0.15, -0.1) is 0 Å². The van der Waals surface area contributed by atoms with E-state index in [0.29, 0.717) is 0 Å². The lowest BCUT2D eigenvalue weighted by Crippen LogP contribution is -2.72. The minimum atomic E-state index is -2.98. The number of aliphatic hydroxyl groups excluding tert-OH is 1. The molecule has 6 N–H and O–H groups in total. The number of rotatable bonds is 4. The minimum absolute atomic E-state index is 0.0193. The first-order valence-electron chi connectivity index (χ1n) is 11.4. The van der Waals surface area contributed by atoms with Gasteiger partial charge in [0.05, 0.1) is 24.1 Å². The molecule has 2 fully saturated rings. The number of nitrogens with two attached hydrogens (primary N) is 1. The van der Waals surface area contributed by atoms with E-state index in [9.17, 15) is 44.1 Å². The number of phenols is 1. The molecule has 0 radical (unpaired) electrons. The van der Waals surface area contributed by atoms with Crippen LogP contribution in [0.25, 0.3) is 0 Å². The number of carbonyl (C=O) groups excluding carboxylic acids is 6. The molecule has 7 atom stereocenters. The summed E-state index contributed by atoms with van der Waals surface area (Å²) in [5, 5.41) is 35.8. The van der Waals surface area contributed by atoms with E-state index in [1.165, 1.54) is 12.1 Å². The van der Waals surface area contributed by atoms with Gasteiger partial charge in [0.2, 0.25) is 11.8 Å². The van der Waals surface area contributed by atoms with Gasteiger partial charge in [0.1, 0.15) is 5.75 Å². The number of fused-ring (bicyclic) bond motifs is 3. The van der Waals surface area contributed by atoms with E-state index in [0.717, 1.165) is 0 Å². The van der Waals surface area contributed by atoms with Crippen LogP contribution in [0.1, 0.15) is 35.2 Å². The number of benzene rings is 1. The molecule has 2 amide bonds. The first-order chi connectivity index (χ1) is 16.7. The average molecular weight is 501 g/mol. The summed E-state index contributed by atoms with van der Waals surface area (Å²) in [6.45, 7) is 1.59. The third-order valence-electron chi connectivity index (χ3n) is 7.57. The molecule has 12 nitrogen and oxygen atoms in total. The predicted octanol–water partition coefficient (Wildman–Crippen LogP) is -1.64. The van der Waals surface area contributed by atoms with E-state index >= 15 is 0 Å². The summed E-state index contributed by atoms with van der Waals surface area (Å²) in [5.41, 5.74) is 2.28. The van der Waals surface area contributed by atoms with Gasteiger partial charge < -0.3 is 31.3 Å². The van der Waals surface area contributed by atoms with Crippen molar-refractivity contribution in [3.05, 3.63) is 23.3 Å². The topological polar surface area (TPSA) is 204 Å². The average Bonchev–Trinajstić information content (AvgIpc) is 2.77. The van der Waals surface area contributed by atoms with Gasteiger partial charge in [0.25, 0.3) is 0 Å². The third kappa shape index (κ3) is 3.47. The number of likely N-dealkylation sites (N-methyl/N-ethyl adjacent to an activating group) is 1. The van der Waals surface area contributed by atoms with Gasteiger partial charge in [0, 0.05) is 23.9 Å². The Bertz CT molecular complexity index is 1230. The zero-order valence-electron chi connectivity index (χ0n) is 19.8. The second-order valence-electron chi connectivity index (χ2n) is 10.0. The van der Waals surface area contributed by atoms with Crippen molar-refractivity contribution in [1.82, 2.24) is 4.90 Å². The van der Waals surface area contributed by atoms with Crippen molar-refractivity contribution in [2.24, 2.45) is 29.4 Å². The highest BCUT2D eigenvalue weighted by atomic mass is 16.3. The molecule has 0 aromatic heterocycles. The number of phenolic OH excluding ortho intramolecular Hbond substituents is 1. The Morgan fingerprint density at radius 3 is 2.39 bits per heavy atom. The number of hydrogen-bond acceptors (Lipinski definition) is 10. The molecule has 192 valence electrons. The Balaban J connectivity index is 1.85. The molecule has 3 aliphatic carbocycles. The van der Waals surface area contributed by atoms with Crippen LogP contribution in [-0.2, 0) is 24.0 Å². The Kier molecular flexibility index (Phi) is 6.10. The number of ketones is 4. The maximum Gasteiger partial charge on any atom is 0.238 e. The van der Waals surface area contributed by atoms with Gasteiger partial charge in [-0.2, -0.15) is 0 Å². The van der Waals surface area contributed by atoms with Crippen LogP contribution in [0, 0.1) is 23.7 Å². The van der Waals surface area contributed by atoms with E-state index in [-0.39, 0.29) is 23.4 Å². The summed E-state index contributed by atoms with van der Waals surface area (Å²) >= 11 is 0. The van der Waals surface area contributed by atoms with Gasteiger partial charge in [-0.3, -0.25) is 28.8 Å². The second kappa shape index (κ2) is 8.57. The van der Waals surface area contributed by atoms with E-state index < -0.39 is 88.4 Å². The van der Waals surface area contributed by atoms with Crippen molar-refractivity contribution in [1.29, 1.82) is 0 Å². The fourth-order valence-electron chi connectivity index (χ4n) is 6.02.